The van der Waals surface area contributed by atoms with Crippen molar-refractivity contribution < 1.29 is 9.72 Å². The zero-order chi connectivity index (χ0) is 18.5. The molecule has 2 aromatic carbocycles. The number of nitrogens with one attached hydrogen (secondary N) is 2. The Morgan fingerprint density at radius 1 is 1.23 bits per heavy atom. The first kappa shape index (κ1) is 17.3. The van der Waals surface area contributed by atoms with Crippen LogP contribution in [0.3, 0.4) is 0 Å². The van der Waals surface area contributed by atoms with Gasteiger partial charge in [0.2, 0.25) is 0 Å². The number of carbonyl (C=O) groups excluding carboxylic acids is 1. The number of halogens is 1. The lowest BCUT2D eigenvalue weighted by Crippen LogP contribution is -2.18. The number of aromatic amines is 1. The third-order valence-electron chi connectivity index (χ3n) is 3.44. The smallest absolute Gasteiger partial charge is 0.272 e. The highest BCUT2D eigenvalue weighted by molar-refractivity contribution is 6.32. The van der Waals surface area contributed by atoms with E-state index in [1.165, 1.54) is 18.3 Å². The van der Waals surface area contributed by atoms with E-state index in [9.17, 15) is 14.9 Å². The van der Waals surface area contributed by atoms with Gasteiger partial charge in [-0.15, -0.1) is 0 Å². The summed E-state index contributed by atoms with van der Waals surface area (Å²) in [5, 5.41) is 21.4. The third-order valence-corrected chi connectivity index (χ3v) is 3.76. The number of aromatic nitrogens is 2. The first-order valence-electron chi connectivity index (χ1n) is 7.43. The molecule has 0 bridgehead atoms. The molecule has 2 N–H and O–H groups in total. The molecule has 3 aromatic rings. The first-order chi connectivity index (χ1) is 12.5. The summed E-state index contributed by atoms with van der Waals surface area (Å²) in [5.74, 6) is -0.487. The lowest BCUT2D eigenvalue weighted by Gasteiger charge is -1.98. The Balaban J connectivity index is 1.68. The van der Waals surface area contributed by atoms with Gasteiger partial charge in [0.05, 0.1) is 16.8 Å². The second-order valence-corrected chi connectivity index (χ2v) is 5.61. The monoisotopic (exact) mass is 369 g/mol. The summed E-state index contributed by atoms with van der Waals surface area (Å²) in [6.07, 6.45) is 1.29. The second kappa shape index (κ2) is 7.58. The molecule has 0 saturated carbocycles. The normalized spacial score (nSPS) is 10.8. The number of rotatable bonds is 5. The fraction of sp³-hybridized carbons (Fsp3) is 0. The molecule has 130 valence electrons. The molecule has 0 aliphatic carbocycles. The fourth-order valence-electron chi connectivity index (χ4n) is 2.17. The number of nitrogens with zero attached hydrogens (tertiary/aromatic N) is 3. The Bertz CT molecular complexity index is 985. The summed E-state index contributed by atoms with van der Waals surface area (Å²) < 4.78 is 0. The Labute approximate surface area is 152 Å². The van der Waals surface area contributed by atoms with Crippen LogP contribution < -0.4 is 5.43 Å². The van der Waals surface area contributed by atoms with E-state index in [1.807, 2.05) is 30.3 Å². The van der Waals surface area contributed by atoms with Crippen molar-refractivity contribution >= 4 is 29.4 Å². The molecule has 3 rings (SSSR count). The van der Waals surface area contributed by atoms with Gasteiger partial charge in [0, 0.05) is 17.2 Å². The average molecular weight is 370 g/mol. The molecule has 1 amide bonds. The molecule has 0 aliphatic rings. The third kappa shape index (κ3) is 3.93. The van der Waals surface area contributed by atoms with Gasteiger partial charge in [0.1, 0.15) is 10.7 Å². The zero-order valence-corrected chi connectivity index (χ0v) is 14.0. The topological polar surface area (TPSA) is 113 Å². The van der Waals surface area contributed by atoms with Crippen molar-refractivity contribution in [3.8, 4) is 11.3 Å². The minimum Gasteiger partial charge on any atom is -0.272 e. The molecule has 0 aliphatic heterocycles. The van der Waals surface area contributed by atoms with Crippen LogP contribution >= 0.6 is 11.6 Å². The molecular formula is C17H12ClN5O3. The SMILES string of the molecule is O=C(N/N=C\c1ccc(Cl)c([N+](=O)[O-])c1)c1cc(-c2ccccc2)n[nH]1. The Morgan fingerprint density at radius 2 is 2.00 bits per heavy atom. The van der Waals surface area contributed by atoms with Crippen molar-refractivity contribution in [2.45, 2.75) is 0 Å². The molecule has 0 spiro atoms. The summed E-state index contributed by atoms with van der Waals surface area (Å²) in [6.45, 7) is 0. The summed E-state index contributed by atoms with van der Waals surface area (Å²) in [6, 6.07) is 15.2. The molecule has 0 unspecified atom stereocenters. The van der Waals surface area contributed by atoms with Crippen molar-refractivity contribution in [1.82, 2.24) is 15.6 Å². The van der Waals surface area contributed by atoms with Crippen LogP contribution in [0.4, 0.5) is 5.69 Å². The van der Waals surface area contributed by atoms with Crippen LogP contribution in [0, 0.1) is 10.1 Å². The zero-order valence-electron chi connectivity index (χ0n) is 13.2. The maximum absolute atomic E-state index is 12.1. The van der Waals surface area contributed by atoms with Gasteiger partial charge in [-0.1, -0.05) is 48.0 Å². The predicted molar refractivity (Wildman–Crippen MR) is 97.2 cm³/mol. The Hall–Kier alpha value is -3.52. The van der Waals surface area contributed by atoms with Gasteiger partial charge >= 0.3 is 0 Å². The van der Waals surface area contributed by atoms with Crippen molar-refractivity contribution in [2.24, 2.45) is 5.10 Å². The molecule has 9 heteroatoms. The summed E-state index contributed by atoms with van der Waals surface area (Å²) >= 11 is 5.74. The summed E-state index contributed by atoms with van der Waals surface area (Å²) in [5.41, 5.74) is 4.27. The maximum atomic E-state index is 12.1. The first-order valence-corrected chi connectivity index (χ1v) is 7.80. The molecule has 1 aromatic heterocycles. The predicted octanol–water partition coefficient (Wildman–Crippen LogP) is 3.40. The lowest BCUT2D eigenvalue weighted by atomic mass is 10.1. The molecule has 0 atom stereocenters. The molecular weight excluding hydrogens is 358 g/mol. The van der Waals surface area contributed by atoms with Gasteiger partial charge in [-0.2, -0.15) is 10.2 Å². The van der Waals surface area contributed by atoms with Crippen LogP contribution in [0.25, 0.3) is 11.3 Å². The van der Waals surface area contributed by atoms with Gasteiger partial charge in [-0.05, 0) is 12.1 Å². The molecule has 26 heavy (non-hydrogen) atoms. The number of carbonyl (C=O) groups is 1. The largest absolute Gasteiger partial charge is 0.289 e. The molecule has 1 heterocycles. The maximum Gasteiger partial charge on any atom is 0.289 e. The van der Waals surface area contributed by atoms with Gasteiger partial charge in [-0.25, -0.2) is 5.43 Å². The highest BCUT2D eigenvalue weighted by Crippen LogP contribution is 2.24. The quantitative estimate of drug-likeness (QED) is 0.407. The Morgan fingerprint density at radius 3 is 2.73 bits per heavy atom. The standard InChI is InChI=1S/C17H12ClN5O3/c18-13-7-6-11(8-16(13)23(25)26)10-19-22-17(24)15-9-14(20-21-15)12-4-2-1-3-5-12/h1-10H,(H,20,21)(H,22,24)/b19-10-. The van der Waals surface area contributed by atoms with Gasteiger partial charge in [0.25, 0.3) is 11.6 Å². The van der Waals surface area contributed by atoms with E-state index in [0.717, 1.165) is 5.56 Å². The van der Waals surface area contributed by atoms with E-state index < -0.39 is 10.8 Å². The van der Waals surface area contributed by atoms with Crippen LogP contribution in [0.2, 0.25) is 5.02 Å². The van der Waals surface area contributed by atoms with Crippen LogP contribution in [-0.4, -0.2) is 27.2 Å². The highest BCUT2D eigenvalue weighted by Gasteiger charge is 2.12. The molecule has 0 saturated heterocycles. The van der Waals surface area contributed by atoms with E-state index >= 15 is 0 Å². The van der Waals surface area contributed by atoms with Gasteiger partial charge < -0.3 is 0 Å². The summed E-state index contributed by atoms with van der Waals surface area (Å²) in [7, 11) is 0. The molecule has 0 radical (unpaired) electrons. The number of H-pyrrole nitrogens is 1. The number of hydrogen-bond acceptors (Lipinski definition) is 5. The van der Waals surface area contributed by atoms with Crippen molar-refractivity contribution in [2.75, 3.05) is 0 Å². The number of benzene rings is 2. The number of amides is 1. The van der Waals surface area contributed by atoms with Gasteiger partial charge in [-0.3, -0.25) is 20.0 Å². The number of hydrogen-bond donors (Lipinski definition) is 2. The van der Waals surface area contributed by atoms with Crippen molar-refractivity contribution in [3.05, 3.63) is 81.0 Å². The van der Waals surface area contributed by atoms with E-state index in [2.05, 4.69) is 20.7 Å². The molecule has 0 fully saturated rings. The fourth-order valence-corrected chi connectivity index (χ4v) is 2.36. The Kier molecular flexibility index (Phi) is 5.04. The van der Waals surface area contributed by atoms with E-state index in [-0.39, 0.29) is 16.4 Å². The minimum absolute atomic E-state index is 0.0297. The van der Waals surface area contributed by atoms with Gasteiger partial charge in [0.15, 0.2) is 0 Å². The minimum atomic E-state index is -0.589. The number of hydrazone groups is 1. The van der Waals surface area contributed by atoms with Crippen LogP contribution in [0.15, 0.2) is 59.7 Å². The van der Waals surface area contributed by atoms with Crippen LogP contribution in [0.5, 0.6) is 0 Å². The van der Waals surface area contributed by atoms with E-state index in [4.69, 9.17) is 11.6 Å². The van der Waals surface area contributed by atoms with Crippen molar-refractivity contribution in [3.63, 3.8) is 0 Å². The second-order valence-electron chi connectivity index (χ2n) is 5.20. The number of nitro groups is 1. The van der Waals surface area contributed by atoms with Crippen LogP contribution in [0.1, 0.15) is 16.1 Å². The highest BCUT2D eigenvalue weighted by atomic mass is 35.5. The lowest BCUT2D eigenvalue weighted by molar-refractivity contribution is -0.384. The average Bonchev–Trinajstić information content (AvgIpc) is 3.14. The summed E-state index contributed by atoms with van der Waals surface area (Å²) in [4.78, 5) is 22.4. The number of nitro benzene ring substituents is 1. The van der Waals surface area contributed by atoms with E-state index in [1.54, 1.807) is 12.1 Å². The van der Waals surface area contributed by atoms with E-state index in [0.29, 0.717) is 11.3 Å². The molecule has 8 nitrogen and oxygen atoms in total. The van der Waals surface area contributed by atoms with Crippen molar-refractivity contribution in [1.29, 1.82) is 0 Å². The van der Waals surface area contributed by atoms with Crippen LogP contribution in [-0.2, 0) is 0 Å².